The zero-order chi connectivity index (χ0) is 17.3. The molecule has 3 rings (SSSR count). The Morgan fingerprint density at radius 2 is 2.21 bits per heavy atom. The lowest BCUT2D eigenvalue weighted by molar-refractivity contribution is 0.0975. The van der Waals surface area contributed by atoms with Gasteiger partial charge in [-0.2, -0.15) is 5.10 Å². The first kappa shape index (κ1) is 16.6. The van der Waals surface area contributed by atoms with E-state index in [2.05, 4.69) is 36.2 Å². The highest BCUT2D eigenvalue weighted by molar-refractivity contribution is 7.10. The summed E-state index contributed by atoms with van der Waals surface area (Å²) < 4.78 is 1.43. The molecular weight excluding hydrogens is 322 g/mol. The summed E-state index contributed by atoms with van der Waals surface area (Å²) in [5.74, 6) is 0.553. The number of aromatic hydroxyl groups is 1. The van der Waals surface area contributed by atoms with Crippen LogP contribution in [0.1, 0.15) is 59.1 Å². The van der Waals surface area contributed by atoms with Gasteiger partial charge in [-0.15, -0.1) is 11.3 Å². The first-order valence-electron chi connectivity index (χ1n) is 8.10. The Hall–Kier alpha value is -2.21. The Balaban J connectivity index is 1.65. The maximum atomic E-state index is 12.4. The summed E-state index contributed by atoms with van der Waals surface area (Å²) >= 11 is 1.79. The smallest absolute Gasteiger partial charge is 0.183 e. The fourth-order valence-electron chi connectivity index (χ4n) is 3.02. The minimum atomic E-state index is 0.0133. The van der Waals surface area contributed by atoms with Crippen LogP contribution in [0.5, 0.6) is 5.75 Å². The van der Waals surface area contributed by atoms with E-state index in [0.717, 1.165) is 12.8 Å². The molecule has 0 aliphatic heterocycles. The van der Waals surface area contributed by atoms with Crippen LogP contribution < -0.4 is 0 Å². The number of carbonyl (C=O) groups is 1. The zero-order valence-electron chi connectivity index (χ0n) is 14.1. The third kappa shape index (κ3) is 3.33. The van der Waals surface area contributed by atoms with E-state index in [9.17, 15) is 9.90 Å². The Morgan fingerprint density at radius 1 is 1.42 bits per heavy atom. The highest BCUT2D eigenvalue weighted by atomic mass is 32.1. The van der Waals surface area contributed by atoms with Crippen LogP contribution in [0.25, 0.3) is 5.65 Å². The number of carbonyl (C=O) groups excluding carboxylic acids is 1. The van der Waals surface area contributed by atoms with E-state index >= 15 is 0 Å². The minimum Gasteiger partial charge on any atom is -0.505 e. The molecule has 0 fully saturated rings. The van der Waals surface area contributed by atoms with Crippen LogP contribution in [-0.4, -0.2) is 25.5 Å². The second kappa shape index (κ2) is 6.73. The number of thiophene rings is 1. The lowest BCUT2D eigenvalue weighted by Gasteiger charge is -2.08. The Labute approximate surface area is 145 Å². The average Bonchev–Trinajstić information content (AvgIpc) is 3.10. The summed E-state index contributed by atoms with van der Waals surface area (Å²) in [4.78, 5) is 17.8. The minimum absolute atomic E-state index is 0.0133. The van der Waals surface area contributed by atoms with Crippen molar-refractivity contribution < 1.29 is 9.90 Å². The zero-order valence-corrected chi connectivity index (χ0v) is 14.9. The second-order valence-electron chi connectivity index (χ2n) is 6.33. The van der Waals surface area contributed by atoms with Crippen LogP contribution in [0, 0.1) is 6.92 Å². The quantitative estimate of drug-likeness (QED) is 0.683. The number of aryl methyl sites for hydroxylation is 2. The third-order valence-corrected chi connectivity index (χ3v) is 5.25. The van der Waals surface area contributed by atoms with E-state index in [1.54, 1.807) is 17.4 Å². The van der Waals surface area contributed by atoms with Crippen molar-refractivity contribution in [2.45, 2.75) is 46.0 Å². The van der Waals surface area contributed by atoms with Gasteiger partial charge in [0.05, 0.1) is 12.4 Å². The van der Waals surface area contributed by atoms with E-state index in [4.69, 9.17) is 0 Å². The molecule has 0 atom stereocenters. The predicted octanol–water partition coefficient (Wildman–Crippen LogP) is 4.13. The van der Waals surface area contributed by atoms with Gasteiger partial charge in [-0.3, -0.25) is 4.79 Å². The van der Waals surface area contributed by atoms with Gasteiger partial charge >= 0.3 is 0 Å². The molecule has 6 heteroatoms. The molecular formula is C18H21N3O2S. The standard InChI is InChI=1S/C18H21N3O2S/c1-11(2)18-12(3)10-24-16(18)6-4-5-15(23)14-7-17-19-8-13(22)9-21(17)20-14/h7-11,22H,4-6H2,1-3H3. The summed E-state index contributed by atoms with van der Waals surface area (Å²) in [6.45, 7) is 6.57. The molecule has 0 spiro atoms. The third-order valence-electron chi connectivity index (χ3n) is 4.07. The van der Waals surface area contributed by atoms with Crippen LogP contribution in [-0.2, 0) is 6.42 Å². The van der Waals surface area contributed by atoms with Crippen molar-refractivity contribution >= 4 is 22.8 Å². The van der Waals surface area contributed by atoms with Gasteiger partial charge in [-0.1, -0.05) is 13.8 Å². The number of nitrogens with zero attached hydrogens (tertiary/aromatic N) is 3. The number of rotatable bonds is 6. The van der Waals surface area contributed by atoms with Crippen molar-refractivity contribution in [3.63, 3.8) is 0 Å². The highest BCUT2D eigenvalue weighted by Crippen LogP contribution is 2.30. The molecule has 0 saturated carbocycles. The predicted molar refractivity (Wildman–Crippen MR) is 95.1 cm³/mol. The Bertz CT molecular complexity index is 880. The Morgan fingerprint density at radius 3 is 2.96 bits per heavy atom. The highest BCUT2D eigenvalue weighted by Gasteiger charge is 2.15. The van der Waals surface area contributed by atoms with Crippen LogP contribution >= 0.6 is 11.3 Å². The van der Waals surface area contributed by atoms with Crippen LogP contribution in [0.15, 0.2) is 23.8 Å². The van der Waals surface area contributed by atoms with E-state index in [-0.39, 0.29) is 11.5 Å². The van der Waals surface area contributed by atoms with Crippen molar-refractivity contribution in [3.8, 4) is 5.75 Å². The van der Waals surface area contributed by atoms with Crippen LogP contribution in [0.4, 0.5) is 0 Å². The van der Waals surface area contributed by atoms with Gasteiger partial charge in [0, 0.05) is 17.4 Å². The first-order chi connectivity index (χ1) is 11.5. The van der Waals surface area contributed by atoms with Gasteiger partial charge in [0.2, 0.25) is 0 Å². The number of Topliss-reactive ketones (excluding diaryl/α,β-unsaturated/α-hetero) is 1. The van der Waals surface area contributed by atoms with Gasteiger partial charge in [0.15, 0.2) is 17.2 Å². The number of aromatic nitrogens is 3. The lowest BCUT2D eigenvalue weighted by atomic mass is 9.97. The fourth-order valence-corrected chi connectivity index (χ4v) is 4.25. The van der Waals surface area contributed by atoms with E-state index in [0.29, 0.717) is 23.7 Å². The maximum Gasteiger partial charge on any atom is 0.183 e. The van der Waals surface area contributed by atoms with Gasteiger partial charge in [0.25, 0.3) is 0 Å². The summed E-state index contributed by atoms with van der Waals surface area (Å²) in [6, 6.07) is 1.66. The van der Waals surface area contributed by atoms with Crippen molar-refractivity contribution in [2.75, 3.05) is 0 Å². The molecule has 24 heavy (non-hydrogen) atoms. The van der Waals surface area contributed by atoms with Crippen molar-refractivity contribution in [3.05, 3.63) is 45.5 Å². The SMILES string of the molecule is Cc1csc(CCCC(=O)c2cc3ncc(O)cn3n2)c1C(C)C. The molecule has 3 heterocycles. The summed E-state index contributed by atoms with van der Waals surface area (Å²) in [5.41, 5.74) is 3.74. The number of fused-ring (bicyclic) bond motifs is 1. The van der Waals surface area contributed by atoms with Gasteiger partial charge < -0.3 is 5.11 Å². The van der Waals surface area contributed by atoms with Crippen LogP contribution in [0.2, 0.25) is 0 Å². The van der Waals surface area contributed by atoms with E-state index in [1.165, 1.54) is 32.9 Å². The molecule has 5 nitrogen and oxygen atoms in total. The first-order valence-corrected chi connectivity index (χ1v) is 8.98. The monoisotopic (exact) mass is 343 g/mol. The maximum absolute atomic E-state index is 12.4. The topological polar surface area (TPSA) is 67.5 Å². The van der Waals surface area contributed by atoms with E-state index in [1.807, 2.05) is 0 Å². The fraction of sp³-hybridized carbons (Fsp3) is 0.389. The normalized spacial score (nSPS) is 11.5. The molecule has 0 aliphatic carbocycles. The molecule has 1 N–H and O–H groups in total. The second-order valence-corrected chi connectivity index (χ2v) is 7.30. The lowest BCUT2D eigenvalue weighted by Crippen LogP contribution is -2.02. The molecule has 126 valence electrons. The van der Waals surface area contributed by atoms with Crippen molar-refractivity contribution in [1.29, 1.82) is 0 Å². The average molecular weight is 343 g/mol. The van der Waals surface area contributed by atoms with Gasteiger partial charge in [-0.25, -0.2) is 9.50 Å². The molecule has 0 amide bonds. The Kier molecular flexibility index (Phi) is 4.66. The van der Waals surface area contributed by atoms with Crippen LogP contribution in [0.3, 0.4) is 0 Å². The van der Waals surface area contributed by atoms with Gasteiger partial charge in [-0.05, 0) is 42.2 Å². The summed E-state index contributed by atoms with van der Waals surface area (Å²) in [6.07, 6.45) is 4.99. The molecule has 0 aromatic carbocycles. The molecule has 0 unspecified atom stereocenters. The number of hydrogen-bond acceptors (Lipinski definition) is 5. The number of ketones is 1. The van der Waals surface area contributed by atoms with Crippen molar-refractivity contribution in [2.24, 2.45) is 0 Å². The molecule has 3 aromatic rings. The largest absolute Gasteiger partial charge is 0.505 e. The van der Waals surface area contributed by atoms with Crippen molar-refractivity contribution in [1.82, 2.24) is 14.6 Å². The summed E-state index contributed by atoms with van der Waals surface area (Å²) in [7, 11) is 0. The molecule has 0 aliphatic rings. The summed E-state index contributed by atoms with van der Waals surface area (Å²) in [5, 5.41) is 15.8. The number of hydrogen-bond donors (Lipinski definition) is 1. The molecule has 0 saturated heterocycles. The molecule has 3 aromatic heterocycles. The molecule has 0 bridgehead atoms. The van der Waals surface area contributed by atoms with Gasteiger partial charge in [0.1, 0.15) is 5.69 Å². The molecule has 0 radical (unpaired) electrons. The van der Waals surface area contributed by atoms with E-state index < -0.39 is 0 Å².